The molecule has 2 heterocycles. The van der Waals surface area contributed by atoms with E-state index >= 15 is 0 Å². The van der Waals surface area contributed by atoms with E-state index in [-0.39, 0.29) is 12.0 Å². The van der Waals surface area contributed by atoms with Crippen molar-refractivity contribution in [1.29, 1.82) is 0 Å². The van der Waals surface area contributed by atoms with E-state index in [1.54, 1.807) is 18.2 Å². The highest BCUT2D eigenvalue weighted by molar-refractivity contribution is 5.74. The predicted molar refractivity (Wildman–Crippen MR) is 69.1 cm³/mol. The van der Waals surface area contributed by atoms with Crippen LogP contribution in [0.1, 0.15) is 32.5 Å². The van der Waals surface area contributed by atoms with E-state index < -0.39 is 0 Å². The van der Waals surface area contributed by atoms with E-state index in [0.29, 0.717) is 28.5 Å². The highest BCUT2D eigenvalue weighted by Gasteiger charge is 2.21. The lowest BCUT2D eigenvalue weighted by Gasteiger charge is -2.10. The Kier molecular flexibility index (Phi) is 2.89. The summed E-state index contributed by atoms with van der Waals surface area (Å²) in [4.78, 5) is 4.30. The zero-order valence-electron chi connectivity index (χ0n) is 11.5. The van der Waals surface area contributed by atoms with Crippen LogP contribution in [-0.4, -0.2) is 20.5 Å². The van der Waals surface area contributed by atoms with Gasteiger partial charge in [0.2, 0.25) is 11.7 Å². The number of ether oxygens (including phenoxy) is 1. The lowest BCUT2D eigenvalue weighted by atomic mass is 9.97. The zero-order valence-corrected chi connectivity index (χ0v) is 11.5. The number of nitrogens with zero attached hydrogens (tertiary/aromatic N) is 4. The van der Waals surface area contributed by atoms with Crippen LogP contribution in [0.25, 0.3) is 11.0 Å². The smallest absolute Gasteiger partial charge is 0.232 e. The number of rotatable bonds is 3. The molecular formula is C13H14N4O3. The van der Waals surface area contributed by atoms with Crippen molar-refractivity contribution < 1.29 is 13.9 Å². The third-order valence-electron chi connectivity index (χ3n) is 2.70. The van der Waals surface area contributed by atoms with Crippen LogP contribution >= 0.6 is 0 Å². The van der Waals surface area contributed by atoms with Crippen molar-refractivity contribution in [1.82, 2.24) is 20.5 Å². The van der Waals surface area contributed by atoms with Crippen LogP contribution in [-0.2, 0) is 12.0 Å². The van der Waals surface area contributed by atoms with Gasteiger partial charge in [0.05, 0.1) is 0 Å². The second-order valence-electron chi connectivity index (χ2n) is 5.47. The van der Waals surface area contributed by atoms with Crippen molar-refractivity contribution in [2.24, 2.45) is 0 Å². The van der Waals surface area contributed by atoms with Crippen LogP contribution in [0.5, 0.6) is 5.75 Å². The van der Waals surface area contributed by atoms with E-state index in [4.69, 9.17) is 9.26 Å². The fourth-order valence-corrected chi connectivity index (χ4v) is 1.62. The van der Waals surface area contributed by atoms with Crippen molar-refractivity contribution in [3.05, 3.63) is 29.9 Å². The molecule has 0 aliphatic carbocycles. The molecule has 104 valence electrons. The first-order valence-corrected chi connectivity index (χ1v) is 6.20. The molecule has 7 nitrogen and oxygen atoms in total. The second kappa shape index (κ2) is 4.59. The summed E-state index contributed by atoms with van der Waals surface area (Å²) in [6.45, 7) is 6.26. The van der Waals surface area contributed by atoms with Crippen LogP contribution in [0, 0.1) is 0 Å². The van der Waals surface area contributed by atoms with E-state index in [2.05, 4.69) is 25.1 Å². The van der Waals surface area contributed by atoms with Gasteiger partial charge in [0.1, 0.15) is 16.8 Å². The summed E-state index contributed by atoms with van der Waals surface area (Å²) in [5.41, 5.74) is 1.16. The molecule has 0 N–H and O–H groups in total. The lowest BCUT2D eigenvalue weighted by molar-refractivity contribution is 0.280. The fraction of sp³-hybridized carbons (Fsp3) is 0.385. The van der Waals surface area contributed by atoms with Crippen LogP contribution in [0.15, 0.2) is 27.4 Å². The maximum atomic E-state index is 5.60. The summed E-state index contributed by atoms with van der Waals surface area (Å²) in [5.74, 6) is 1.75. The van der Waals surface area contributed by atoms with E-state index in [1.807, 2.05) is 20.8 Å². The molecule has 0 unspecified atom stereocenters. The highest BCUT2D eigenvalue weighted by atomic mass is 16.6. The molecule has 0 amide bonds. The molecule has 0 fully saturated rings. The Morgan fingerprint density at radius 3 is 2.65 bits per heavy atom. The molecule has 7 heteroatoms. The number of aromatic nitrogens is 4. The fourth-order valence-electron chi connectivity index (χ4n) is 1.62. The molecule has 1 aromatic carbocycles. The molecule has 0 radical (unpaired) electrons. The Morgan fingerprint density at radius 2 is 1.90 bits per heavy atom. The van der Waals surface area contributed by atoms with Gasteiger partial charge in [-0.1, -0.05) is 25.9 Å². The topological polar surface area (TPSA) is 87.1 Å². The summed E-state index contributed by atoms with van der Waals surface area (Å²) in [7, 11) is 0. The normalized spacial score (nSPS) is 11.9. The van der Waals surface area contributed by atoms with Gasteiger partial charge in [0.25, 0.3) is 0 Å². The maximum absolute atomic E-state index is 5.60. The number of hydrogen-bond acceptors (Lipinski definition) is 7. The van der Waals surface area contributed by atoms with Gasteiger partial charge in [-0.05, 0) is 22.4 Å². The van der Waals surface area contributed by atoms with Crippen LogP contribution in [0.3, 0.4) is 0 Å². The Hall–Kier alpha value is -2.44. The quantitative estimate of drug-likeness (QED) is 0.725. The van der Waals surface area contributed by atoms with Crippen molar-refractivity contribution in [3.63, 3.8) is 0 Å². The maximum Gasteiger partial charge on any atom is 0.232 e. The minimum atomic E-state index is -0.170. The molecule has 3 aromatic rings. The molecular weight excluding hydrogens is 260 g/mol. The van der Waals surface area contributed by atoms with Gasteiger partial charge in [0, 0.05) is 11.5 Å². The van der Waals surface area contributed by atoms with E-state index in [0.717, 1.165) is 0 Å². The van der Waals surface area contributed by atoms with Gasteiger partial charge in [-0.25, -0.2) is 4.63 Å². The van der Waals surface area contributed by atoms with Gasteiger partial charge < -0.3 is 9.26 Å². The Balaban J connectivity index is 1.71. The molecule has 0 atom stereocenters. The Morgan fingerprint density at radius 1 is 1.10 bits per heavy atom. The standard InChI is InChI=1S/C13H14N4O3/c1-13(2,3)12-14-11(17-19-12)7-18-8-4-5-9-10(6-8)16-20-15-9/h4-6H,7H2,1-3H3. The summed E-state index contributed by atoms with van der Waals surface area (Å²) in [6, 6.07) is 5.31. The first-order chi connectivity index (χ1) is 9.52. The molecule has 0 aliphatic heterocycles. The highest BCUT2D eigenvalue weighted by Crippen LogP contribution is 2.21. The van der Waals surface area contributed by atoms with Gasteiger partial charge in [-0.3, -0.25) is 0 Å². The summed E-state index contributed by atoms with van der Waals surface area (Å²) in [5, 5.41) is 11.4. The number of hydrogen-bond donors (Lipinski definition) is 0. The molecule has 2 aromatic heterocycles. The summed E-state index contributed by atoms with van der Waals surface area (Å²) < 4.78 is 15.4. The first-order valence-electron chi connectivity index (χ1n) is 6.20. The van der Waals surface area contributed by atoms with Crippen LogP contribution in [0.4, 0.5) is 0 Å². The monoisotopic (exact) mass is 274 g/mol. The lowest BCUT2D eigenvalue weighted by Crippen LogP contribution is -2.11. The first kappa shape index (κ1) is 12.6. The molecule has 0 saturated carbocycles. The average Bonchev–Trinajstić information content (AvgIpc) is 3.04. The van der Waals surface area contributed by atoms with Gasteiger partial charge >= 0.3 is 0 Å². The largest absolute Gasteiger partial charge is 0.485 e. The summed E-state index contributed by atoms with van der Waals surface area (Å²) in [6.07, 6.45) is 0. The van der Waals surface area contributed by atoms with Gasteiger partial charge in [-0.2, -0.15) is 4.98 Å². The Labute approximate surface area is 114 Å². The van der Waals surface area contributed by atoms with Crippen molar-refractivity contribution in [2.75, 3.05) is 0 Å². The second-order valence-corrected chi connectivity index (χ2v) is 5.47. The van der Waals surface area contributed by atoms with Crippen LogP contribution in [0.2, 0.25) is 0 Å². The molecule has 0 bridgehead atoms. The zero-order chi connectivity index (χ0) is 14.2. The van der Waals surface area contributed by atoms with E-state index in [9.17, 15) is 0 Å². The minimum Gasteiger partial charge on any atom is -0.485 e. The Bertz CT molecular complexity index is 726. The summed E-state index contributed by atoms with van der Waals surface area (Å²) >= 11 is 0. The third-order valence-corrected chi connectivity index (χ3v) is 2.70. The van der Waals surface area contributed by atoms with Gasteiger partial charge in [0.15, 0.2) is 6.61 Å². The third kappa shape index (κ3) is 2.47. The van der Waals surface area contributed by atoms with Crippen molar-refractivity contribution in [3.8, 4) is 5.75 Å². The number of fused-ring (bicyclic) bond motifs is 1. The molecule has 0 aliphatic rings. The molecule has 20 heavy (non-hydrogen) atoms. The number of benzene rings is 1. The molecule has 0 spiro atoms. The SMILES string of the molecule is CC(C)(C)c1nc(COc2ccc3nonc3c2)no1. The van der Waals surface area contributed by atoms with Gasteiger partial charge in [-0.15, -0.1) is 0 Å². The molecule has 0 saturated heterocycles. The predicted octanol–water partition coefficient (Wildman–Crippen LogP) is 2.48. The van der Waals surface area contributed by atoms with Crippen LogP contribution < -0.4 is 4.74 Å². The minimum absolute atomic E-state index is 0.170. The van der Waals surface area contributed by atoms with E-state index in [1.165, 1.54) is 0 Å². The van der Waals surface area contributed by atoms with Crippen molar-refractivity contribution in [2.45, 2.75) is 32.8 Å². The van der Waals surface area contributed by atoms with Crippen molar-refractivity contribution >= 4 is 11.0 Å². The molecule has 3 rings (SSSR count). The average molecular weight is 274 g/mol.